The van der Waals surface area contributed by atoms with Crippen LogP contribution in [0.5, 0.6) is 0 Å². The Hall–Kier alpha value is -3.20. The van der Waals surface area contributed by atoms with E-state index < -0.39 is 11.9 Å². The third-order valence-corrected chi connectivity index (χ3v) is 4.57. The molecule has 8 nitrogen and oxygen atoms in total. The molecule has 0 saturated carbocycles. The Balaban J connectivity index is 2.10. The molecule has 3 aromatic rings. The maximum atomic E-state index is 12.3. The van der Waals surface area contributed by atoms with Gasteiger partial charge in [0.15, 0.2) is 10.6 Å². The molecule has 0 unspecified atom stereocenters. The van der Waals surface area contributed by atoms with Crippen LogP contribution in [0.1, 0.15) is 24.4 Å². The molecule has 9 heteroatoms. The molecule has 27 heavy (non-hydrogen) atoms. The number of benzene rings is 1. The molecule has 0 radical (unpaired) electrons. The highest BCUT2D eigenvalue weighted by atomic mass is 32.1. The number of carbonyl (C=O) groups is 3. The molecule has 0 aliphatic carbocycles. The van der Waals surface area contributed by atoms with Crippen LogP contribution in [0, 0.1) is 0 Å². The summed E-state index contributed by atoms with van der Waals surface area (Å²) in [6.07, 6.45) is 1.39. The maximum Gasteiger partial charge on any atom is 0.326 e. The molecule has 1 aromatic carbocycles. The molecule has 0 aliphatic rings. The number of carbonyl (C=O) groups excluding carboxylic acids is 3. The van der Waals surface area contributed by atoms with Gasteiger partial charge in [0.25, 0.3) is 0 Å². The Morgan fingerprint density at radius 2 is 2.11 bits per heavy atom. The van der Waals surface area contributed by atoms with Crippen LogP contribution in [-0.2, 0) is 20.9 Å². The molecule has 0 bridgehead atoms. The number of amides is 2. The normalized spacial score (nSPS) is 11.6. The molecule has 0 fully saturated rings. The summed E-state index contributed by atoms with van der Waals surface area (Å²) in [5.41, 5.74) is 1.32. The van der Waals surface area contributed by atoms with E-state index in [2.05, 4.69) is 10.3 Å². The molecular weight excluding hydrogens is 370 g/mol. The summed E-state index contributed by atoms with van der Waals surface area (Å²) in [6, 6.07) is 8.35. The largest absolute Gasteiger partial charge is 0.465 e. The predicted molar refractivity (Wildman–Crippen MR) is 99.4 cm³/mol. The molecule has 140 valence electrons. The van der Waals surface area contributed by atoms with Gasteiger partial charge in [0.1, 0.15) is 6.54 Å². The van der Waals surface area contributed by atoms with Crippen molar-refractivity contribution in [1.82, 2.24) is 4.57 Å². The van der Waals surface area contributed by atoms with Gasteiger partial charge < -0.3 is 19.0 Å². The van der Waals surface area contributed by atoms with E-state index in [1.807, 2.05) is 0 Å². The lowest BCUT2D eigenvalue weighted by Crippen LogP contribution is -2.23. The van der Waals surface area contributed by atoms with Crippen LogP contribution in [0.2, 0.25) is 0 Å². The fourth-order valence-electron chi connectivity index (χ4n) is 2.47. The van der Waals surface area contributed by atoms with Crippen LogP contribution in [-0.4, -0.2) is 29.0 Å². The highest BCUT2D eigenvalue weighted by Gasteiger charge is 2.14. The second-order valence-corrected chi connectivity index (χ2v) is 6.54. The number of nitrogens with one attached hydrogen (secondary N) is 1. The van der Waals surface area contributed by atoms with E-state index in [0.29, 0.717) is 16.0 Å². The molecule has 0 atom stereocenters. The zero-order valence-electron chi connectivity index (χ0n) is 14.7. The van der Waals surface area contributed by atoms with Gasteiger partial charge in [0, 0.05) is 12.6 Å². The number of rotatable bonds is 5. The maximum absolute atomic E-state index is 12.3. The van der Waals surface area contributed by atoms with Gasteiger partial charge in [-0.25, -0.2) is 0 Å². The molecule has 0 aliphatic heterocycles. The third kappa shape index (κ3) is 4.32. The van der Waals surface area contributed by atoms with Crippen LogP contribution in [0.3, 0.4) is 0 Å². The zero-order valence-corrected chi connectivity index (χ0v) is 15.5. The van der Waals surface area contributed by atoms with Gasteiger partial charge in [-0.1, -0.05) is 11.3 Å². The number of ether oxygens (including phenoxy) is 1. The van der Waals surface area contributed by atoms with E-state index in [9.17, 15) is 14.4 Å². The summed E-state index contributed by atoms with van der Waals surface area (Å²) in [6.45, 7) is 3.31. The Labute approximate surface area is 158 Å². The van der Waals surface area contributed by atoms with Crippen molar-refractivity contribution in [2.45, 2.75) is 20.4 Å². The van der Waals surface area contributed by atoms with Crippen molar-refractivity contribution in [2.24, 2.45) is 4.99 Å². The molecule has 0 spiro atoms. The average molecular weight is 387 g/mol. The lowest BCUT2D eigenvalue weighted by molar-refractivity contribution is -0.143. The van der Waals surface area contributed by atoms with E-state index in [-0.39, 0.29) is 24.8 Å². The minimum absolute atomic E-state index is 0.0857. The Morgan fingerprint density at radius 3 is 2.78 bits per heavy atom. The van der Waals surface area contributed by atoms with Crippen molar-refractivity contribution in [3.05, 3.63) is 47.2 Å². The van der Waals surface area contributed by atoms with Gasteiger partial charge in [-0.3, -0.25) is 14.4 Å². The summed E-state index contributed by atoms with van der Waals surface area (Å²) in [4.78, 5) is 40.0. The molecular formula is C18H17N3O5S. The number of aromatic nitrogens is 1. The molecule has 3 rings (SSSR count). The smallest absolute Gasteiger partial charge is 0.326 e. The van der Waals surface area contributed by atoms with Crippen molar-refractivity contribution in [3.63, 3.8) is 0 Å². The number of anilines is 1. The van der Waals surface area contributed by atoms with Crippen LogP contribution in [0.25, 0.3) is 10.2 Å². The summed E-state index contributed by atoms with van der Waals surface area (Å²) < 4.78 is 12.5. The highest BCUT2D eigenvalue weighted by molar-refractivity contribution is 7.16. The van der Waals surface area contributed by atoms with Crippen molar-refractivity contribution >= 4 is 45.0 Å². The molecule has 2 heterocycles. The quantitative estimate of drug-likeness (QED) is 0.678. The monoisotopic (exact) mass is 387 g/mol. The van der Waals surface area contributed by atoms with Gasteiger partial charge in [-0.15, -0.1) is 0 Å². The second kappa shape index (κ2) is 8.00. The lowest BCUT2D eigenvalue weighted by Gasteiger charge is -2.06. The first-order valence-electron chi connectivity index (χ1n) is 8.17. The fourth-order valence-corrected chi connectivity index (χ4v) is 3.54. The second-order valence-electron chi connectivity index (χ2n) is 5.53. The van der Waals surface area contributed by atoms with Crippen molar-refractivity contribution < 1.29 is 23.5 Å². The number of esters is 1. The first-order valence-corrected chi connectivity index (χ1v) is 8.98. The van der Waals surface area contributed by atoms with E-state index in [4.69, 9.17) is 9.15 Å². The molecule has 2 aromatic heterocycles. The van der Waals surface area contributed by atoms with Crippen LogP contribution in [0.4, 0.5) is 5.69 Å². The predicted octanol–water partition coefficient (Wildman–Crippen LogP) is 2.56. The molecule has 1 N–H and O–H groups in total. The van der Waals surface area contributed by atoms with Crippen molar-refractivity contribution in [2.75, 3.05) is 11.9 Å². The summed E-state index contributed by atoms with van der Waals surface area (Å²) in [7, 11) is 0. The Kier molecular flexibility index (Phi) is 5.51. The molecule has 2 amide bonds. The average Bonchev–Trinajstić information content (AvgIpc) is 3.23. The SMILES string of the molecule is CCOC(=O)Cn1c(=NC(=O)c2ccco2)sc2cc(NC(C)=O)ccc21. The van der Waals surface area contributed by atoms with Crippen LogP contribution >= 0.6 is 11.3 Å². The Morgan fingerprint density at radius 1 is 1.30 bits per heavy atom. The number of fused-ring (bicyclic) bond motifs is 1. The van der Waals surface area contributed by atoms with E-state index in [1.54, 1.807) is 35.8 Å². The summed E-state index contributed by atoms with van der Waals surface area (Å²) in [5, 5.41) is 2.70. The van der Waals surface area contributed by atoms with Crippen LogP contribution in [0.15, 0.2) is 46.0 Å². The minimum Gasteiger partial charge on any atom is -0.465 e. The fraction of sp³-hybridized carbons (Fsp3) is 0.222. The molecule has 0 saturated heterocycles. The van der Waals surface area contributed by atoms with Crippen LogP contribution < -0.4 is 10.1 Å². The van der Waals surface area contributed by atoms with Gasteiger partial charge in [0.05, 0.1) is 23.1 Å². The standard InChI is InChI=1S/C18H17N3O5S/c1-3-25-16(23)10-21-13-7-6-12(19-11(2)22)9-15(13)27-18(21)20-17(24)14-5-4-8-26-14/h4-9H,3,10H2,1-2H3,(H,19,22). The first-order chi connectivity index (χ1) is 13.0. The number of nitrogens with zero attached hydrogens (tertiary/aromatic N) is 2. The highest BCUT2D eigenvalue weighted by Crippen LogP contribution is 2.22. The van der Waals surface area contributed by atoms with Gasteiger partial charge in [-0.05, 0) is 37.3 Å². The zero-order chi connectivity index (χ0) is 19.4. The Bertz CT molecular complexity index is 1060. The summed E-state index contributed by atoms with van der Waals surface area (Å²) >= 11 is 1.23. The minimum atomic E-state index is -0.550. The number of hydrogen-bond donors (Lipinski definition) is 1. The van der Waals surface area contributed by atoms with Gasteiger partial charge >= 0.3 is 11.9 Å². The van der Waals surface area contributed by atoms with Crippen molar-refractivity contribution in [3.8, 4) is 0 Å². The lowest BCUT2D eigenvalue weighted by atomic mass is 10.3. The third-order valence-electron chi connectivity index (χ3n) is 3.52. The summed E-state index contributed by atoms with van der Waals surface area (Å²) in [5.74, 6) is -1.07. The number of hydrogen-bond acceptors (Lipinski definition) is 6. The van der Waals surface area contributed by atoms with Crippen molar-refractivity contribution in [1.29, 1.82) is 0 Å². The number of furan rings is 1. The van der Waals surface area contributed by atoms with Gasteiger partial charge in [-0.2, -0.15) is 4.99 Å². The number of thiazole rings is 1. The van der Waals surface area contributed by atoms with E-state index >= 15 is 0 Å². The van der Waals surface area contributed by atoms with Gasteiger partial charge in [0.2, 0.25) is 5.91 Å². The van der Waals surface area contributed by atoms with E-state index in [1.165, 1.54) is 30.6 Å². The first kappa shape index (κ1) is 18.6. The topological polar surface area (TPSA) is 103 Å². The van der Waals surface area contributed by atoms with E-state index in [0.717, 1.165) is 4.70 Å².